The summed E-state index contributed by atoms with van der Waals surface area (Å²) in [6.45, 7) is 7.26. The van der Waals surface area contributed by atoms with Crippen LogP contribution in [0.15, 0.2) is 0 Å². The van der Waals surface area contributed by atoms with Gasteiger partial charge in [0.15, 0.2) is 0 Å². The van der Waals surface area contributed by atoms with Crippen molar-refractivity contribution in [1.29, 1.82) is 0 Å². The second-order valence-corrected chi connectivity index (χ2v) is 3.11. The van der Waals surface area contributed by atoms with E-state index in [-0.39, 0.29) is 0 Å². The summed E-state index contributed by atoms with van der Waals surface area (Å²) in [6.07, 6.45) is 1.38. The Balaban J connectivity index is 2.15. The Morgan fingerprint density at radius 2 is 2.40 bits per heavy atom. The summed E-state index contributed by atoms with van der Waals surface area (Å²) < 4.78 is 0. The van der Waals surface area contributed by atoms with E-state index in [1.165, 1.54) is 32.6 Å². The molecule has 1 N–H and O–H groups in total. The molecule has 10 heavy (non-hydrogen) atoms. The van der Waals surface area contributed by atoms with Crippen molar-refractivity contribution in [1.82, 2.24) is 10.2 Å². The zero-order valence-corrected chi connectivity index (χ0v) is 7.06. The molecule has 0 aliphatic carbocycles. The molecule has 1 atom stereocenters. The quantitative estimate of drug-likeness (QED) is 0.619. The lowest BCUT2D eigenvalue weighted by Crippen LogP contribution is -2.24. The molecule has 2 nitrogen and oxygen atoms in total. The van der Waals surface area contributed by atoms with E-state index in [2.05, 4.69) is 17.1 Å². The van der Waals surface area contributed by atoms with E-state index in [0.717, 1.165) is 5.92 Å². The Morgan fingerprint density at radius 3 is 2.90 bits per heavy atom. The zero-order chi connectivity index (χ0) is 7.40. The first-order valence-electron chi connectivity index (χ1n) is 4.23. The summed E-state index contributed by atoms with van der Waals surface area (Å²) in [5.41, 5.74) is 0. The van der Waals surface area contributed by atoms with Gasteiger partial charge in [0.25, 0.3) is 0 Å². The van der Waals surface area contributed by atoms with Crippen LogP contribution >= 0.6 is 0 Å². The van der Waals surface area contributed by atoms with Crippen molar-refractivity contribution < 1.29 is 0 Å². The molecule has 0 unspecified atom stereocenters. The molecule has 1 rings (SSSR count). The van der Waals surface area contributed by atoms with Crippen LogP contribution in [0.4, 0.5) is 0 Å². The highest BCUT2D eigenvalue weighted by Crippen LogP contribution is 2.13. The SMILES string of the molecule is CCN1CC[C@H](CNC)C1. The van der Waals surface area contributed by atoms with Gasteiger partial charge < -0.3 is 10.2 Å². The summed E-state index contributed by atoms with van der Waals surface area (Å²) >= 11 is 0. The lowest BCUT2D eigenvalue weighted by molar-refractivity contribution is 0.340. The molecule has 0 radical (unpaired) electrons. The van der Waals surface area contributed by atoms with Crippen molar-refractivity contribution in [2.75, 3.05) is 33.2 Å². The molecule has 0 amide bonds. The van der Waals surface area contributed by atoms with E-state index >= 15 is 0 Å². The third kappa shape index (κ3) is 1.96. The Kier molecular flexibility index (Phi) is 3.16. The molecule has 1 heterocycles. The van der Waals surface area contributed by atoms with Crippen molar-refractivity contribution >= 4 is 0 Å². The van der Waals surface area contributed by atoms with E-state index < -0.39 is 0 Å². The monoisotopic (exact) mass is 142 g/mol. The van der Waals surface area contributed by atoms with Crippen LogP contribution in [-0.4, -0.2) is 38.1 Å². The molecule has 0 saturated carbocycles. The highest BCUT2D eigenvalue weighted by molar-refractivity contribution is 4.75. The minimum Gasteiger partial charge on any atom is -0.319 e. The van der Waals surface area contributed by atoms with E-state index in [9.17, 15) is 0 Å². The average molecular weight is 142 g/mol. The molecule has 0 bridgehead atoms. The molecule has 60 valence electrons. The standard InChI is InChI=1S/C8H18N2/c1-3-10-5-4-8(7-10)6-9-2/h8-9H,3-7H2,1-2H3/t8-/m1/s1. The topological polar surface area (TPSA) is 15.3 Å². The van der Waals surface area contributed by atoms with E-state index in [0.29, 0.717) is 0 Å². The van der Waals surface area contributed by atoms with Crippen molar-refractivity contribution in [3.63, 3.8) is 0 Å². The highest BCUT2D eigenvalue weighted by atomic mass is 15.1. The van der Waals surface area contributed by atoms with Gasteiger partial charge >= 0.3 is 0 Å². The Hall–Kier alpha value is -0.0800. The fraction of sp³-hybridized carbons (Fsp3) is 1.00. The molecule has 1 saturated heterocycles. The summed E-state index contributed by atoms with van der Waals surface area (Å²) in [5, 5.41) is 3.23. The minimum atomic E-state index is 0.907. The summed E-state index contributed by atoms with van der Waals surface area (Å²) in [7, 11) is 2.04. The number of hydrogen-bond donors (Lipinski definition) is 1. The van der Waals surface area contributed by atoms with E-state index in [1.807, 2.05) is 7.05 Å². The molecule has 1 aliphatic heterocycles. The zero-order valence-electron chi connectivity index (χ0n) is 7.06. The van der Waals surface area contributed by atoms with Crippen LogP contribution in [0.3, 0.4) is 0 Å². The highest BCUT2D eigenvalue weighted by Gasteiger charge is 2.19. The second kappa shape index (κ2) is 3.94. The summed E-state index contributed by atoms with van der Waals surface area (Å²) in [5.74, 6) is 0.907. The predicted molar refractivity (Wildman–Crippen MR) is 44.1 cm³/mol. The van der Waals surface area contributed by atoms with Gasteiger partial charge in [-0.1, -0.05) is 6.92 Å². The van der Waals surface area contributed by atoms with Gasteiger partial charge in [-0.3, -0.25) is 0 Å². The smallest absolute Gasteiger partial charge is 0.00222 e. The lowest BCUT2D eigenvalue weighted by Gasteiger charge is -2.12. The molecule has 0 aromatic carbocycles. The van der Waals surface area contributed by atoms with Gasteiger partial charge in [-0.25, -0.2) is 0 Å². The van der Waals surface area contributed by atoms with Crippen LogP contribution in [0.5, 0.6) is 0 Å². The normalized spacial score (nSPS) is 27.6. The Morgan fingerprint density at radius 1 is 1.60 bits per heavy atom. The second-order valence-electron chi connectivity index (χ2n) is 3.11. The molecule has 1 fully saturated rings. The first-order chi connectivity index (χ1) is 4.86. The minimum absolute atomic E-state index is 0.907. The van der Waals surface area contributed by atoms with Gasteiger partial charge in [0.2, 0.25) is 0 Å². The van der Waals surface area contributed by atoms with Crippen molar-refractivity contribution in [3.05, 3.63) is 0 Å². The maximum absolute atomic E-state index is 3.23. The molecule has 0 spiro atoms. The van der Waals surface area contributed by atoms with Crippen LogP contribution < -0.4 is 5.32 Å². The molecule has 0 aromatic heterocycles. The average Bonchev–Trinajstić information content (AvgIpc) is 2.37. The first-order valence-corrected chi connectivity index (χ1v) is 4.23. The number of nitrogens with one attached hydrogen (secondary N) is 1. The molecule has 2 heteroatoms. The number of rotatable bonds is 3. The molecule has 0 aromatic rings. The fourth-order valence-corrected chi connectivity index (χ4v) is 1.66. The Bertz CT molecular complexity index is 93.3. The van der Waals surface area contributed by atoms with Gasteiger partial charge in [-0.15, -0.1) is 0 Å². The lowest BCUT2D eigenvalue weighted by atomic mass is 10.1. The molecule has 1 aliphatic rings. The Labute approximate surface area is 63.6 Å². The van der Waals surface area contributed by atoms with Gasteiger partial charge in [-0.05, 0) is 39.0 Å². The van der Waals surface area contributed by atoms with Crippen LogP contribution in [0, 0.1) is 5.92 Å². The van der Waals surface area contributed by atoms with E-state index in [4.69, 9.17) is 0 Å². The number of hydrogen-bond acceptors (Lipinski definition) is 2. The largest absolute Gasteiger partial charge is 0.319 e. The summed E-state index contributed by atoms with van der Waals surface area (Å²) in [6, 6.07) is 0. The van der Waals surface area contributed by atoms with Gasteiger partial charge in [0.05, 0.1) is 0 Å². The fourth-order valence-electron chi connectivity index (χ4n) is 1.66. The third-order valence-electron chi connectivity index (χ3n) is 2.31. The van der Waals surface area contributed by atoms with Crippen LogP contribution in [-0.2, 0) is 0 Å². The van der Waals surface area contributed by atoms with Gasteiger partial charge in [-0.2, -0.15) is 0 Å². The maximum Gasteiger partial charge on any atom is 0.00222 e. The van der Waals surface area contributed by atoms with Gasteiger partial charge in [0.1, 0.15) is 0 Å². The number of nitrogens with zero attached hydrogens (tertiary/aromatic N) is 1. The van der Waals surface area contributed by atoms with Crippen LogP contribution in [0.1, 0.15) is 13.3 Å². The van der Waals surface area contributed by atoms with Crippen molar-refractivity contribution in [3.8, 4) is 0 Å². The van der Waals surface area contributed by atoms with Crippen LogP contribution in [0.2, 0.25) is 0 Å². The van der Waals surface area contributed by atoms with Crippen molar-refractivity contribution in [2.45, 2.75) is 13.3 Å². The van der Waals surface area contributed by atoms with Gasteiger partial charge in [0, 0.05) is 6.54 Å². The molecular weight excluding hydrogens is 124 g/mol. The van der Waals surface area contributed by atoms with Crippen molar-refractivity contribution in [2.24, 2.45) is 5.92 Å². The maximum atomic E-state index is 3.23. The predicted octanol–water partition coefficient (Wildman–Crippen LogP) is 0.548. The molecular formula is C8H18N2. The van der Waals surface area contributed by atoms with Crippen LogP contribution in [0.25, 0.3) is 0 Å². The summed E-state index contributed by atoms with van der Waals surface area (Å²) in [4.78, 5) is 2.52. The first kappa shape index (κ1) is 8.02. The van der Waals surface area contributed by atoms with E-state index in [1.54, 1.807) is 0 Å². The number of likely N-dealkylation sites (tertiary alicyclic amines) is 1. The third-order valence-corrected chi connectivity index (χ3v) is 2.31.